The van der Waals surface area contributed by atoms with Gasteiger partial charge in [0.15, 0.2) is 13.8 Å². The van der Waals surface area contributed by atoms with Crippen molar-refractivity contribution in [3.05, 3.63) is 192 Å². The molecule has 1 aromatic heterocycles. The number of hydrogen-bond acceptors (Lipinski definition) is 2. The Morgan fingerprint density at radius 1 is 0.500 bits per heavy atom. The number of fused-ring (bicyclic) bond motifs is 3. The van der Waals surface area contributed by atoms with Crippen LogP contribution in [0.5, 0.6) is 0 Å². The number of aromatic nitrogens is 1. The first-order valence-electron chi connectivity index (χ1n) is 16.3. The molecule has 0 saturated carbocycles. The van der Waals surface area contributed by atoms with Crippen LogP contribution in [0.25, 0.3) is 43.5 Å². The van der Waals surface area contributed by atoms with E-state index in [1.165, 1.54) is 15.6 Å². The van der Waals surface area contributed by atoms with Crippen molar-refractivity contribution in [2.24, 2.45) is 0 Å². The van der Waals surface area contributed by atoms with E-state index in [0.717, 1.165) is 43.8 Å². The van der Waals surface area contributed by atoms with Crippen molar-refractivity contribution in [1.82, 2.24) is 4.57 Å². The molecule has 0 spiro atoms. The molecule has 0 saturated heterocycles. The van der Waals surface area contributed by atoms with Gasteiger partial charge in [-0.2, -0.15) is 10.5 Å². The molecule has 1 heterocycles. The summed E-state index contributed by atoms with van der Waals surface area (Å²) in [7, 11) is -2.97. The third-order valence-corrected chi connectivity index (χ3v) is 14.3. The molecule has 8 rings (SSSR count). The number of para-hydroxylation sites is 1. The molecule has 0 atom stereocenters. The molecule has 0 unspecified atom stereocenters. The highest BCUT2D eigenvalue weighted by Crippen LogP contribution is 2.38. The van der Waals surface area contributed by atoms with E-state index in [2.05, 4.69) is 119 Å². The predicted molar refractivity (Wildman–Crippen MR) is 206 cm³/mol. The topological polar surface area (TPSA) is 56.9 Å². The Kier molecular flexibility index (Phi) is 7.63. The number of rotatable bonds is 6. The van der Waals surface area contributed by atoms with Crippen molar-refractivity contribution >= 4 is 56.3 Å². The van der Waals surface area contributed by atoms with E-state index in [-0.39, 0.29) is 0 Å². The molecule has 50 heavy (non-hydrogen) atoms. The van der Waals surface area contributed by atoms with E-state index in [4.69, 9.17) is 6.57 Å². The van der Waals surface area contributed by atoms with Gasteiger partial charge in [-0.15, -0.1) is 0 Å². The summed E-state index contributed by atoms with van der Waals surface area (Å²) in [5.74, 6) is 0. The van der Waals surface area contributed by atoms with Gasteiger partial charge in [0.2, 0.25) is 0 Å². The van der Waals surface area contributed by atoms with Gasteiger partial charge >= 0.3 is 0 Å². The maximum absolute atomic E-state index is 10.6. The Balaban J connectivity index is 1.48. The van der Waals surface area contributed by atoms with Crippen molar-refractivity contribution < 1.29 is 0 Å². The first kappa shape index (κ1) is 30.4. The third-order valence-electron chi connectivity index (χ3n) is 9.58. The van der Waals surface area contributed by atoms with E-state index in [9.17, 15) is 10.5 Å². The van der Waals surface area contributed by atoms with Crippen molar-refractivity contribution in [3.8, 4) is 29.0 Å². The summed E-state index contributed by atoms with van der Waals surface area (Å²) < 4.78 is 2.21. The molecule has 8 aromatic rings. The van der Waals surface area contributed by atoms with Gasteiger partial charge in [-0.05, 0) is 80.2 Å². The molecular weight excluding hydrogens is 625 g/mol. The quantitative estimate of drug-likeness (QED) is 0.104. The molecule has 0 aliphatic rings. The average molecular weight is 653 g/mol. The van der Waals surface area contributed by atoms with Crippen molar-refractivity contribution in [2.75, 3.05) is 0 Å². The largest absolute Gasteiger partial charge is 0.309 e. The minimum Gasteiger partial charge on any atom is -0.309 e. The summed E-state index contributed by atoms with van der Waals surface area (Å²) in [6, 6.07) is 62.8. The third kappa shape index (κ3) is 4.88. The van der Waals surface area contributed by atoms with Crippen LogP contribution >= 0.6 is 0 Å². The highest BCUT2D eigenvalue weighted by Gasteiger charge is 2.41. The second-order valence-electron chi connectivity index (χ2n) is 12.3. The van der Waals surface area contributed by atoms with E-state index in [1.54, 1.807) is 0 Å². The number of benzene rings is 7. The maximum atomic E-state index is 10.6. The minimum atomic E-state index is -2.97. The van der Waals surface area contributed by atoms with E-state index in [1.807, 2.05) is 72.8 Å². The van der Waals surface area contributed by atoms with Gasteiger partial charge in [0.1, 0.15) is 0 Å². The zero-order chi connectivity index (χ0) is 34.1. The molecule has 5 heteroatoms. The lowest BCUT2D eigenvalue weighted by Crippen LogP contribution is -2.74. The molecule has 4 nitrogen and oxygen atoms in total. The van der Waals surface area contributed by atoms with Crippen molar-refractivity contribution in [2.45, 2.75) is 0 Å². The van der Waals surface area contributed by atoms with Gasteiger partial charge in [-0.25, -0.2) is 4.85 Å². The average Bonchev–Trinajstić information content (AvgIpc) is 3.52. The molecule has 7 aromatic carbocycles. The Labute approximate surface area is 291 Å². The van der Waals surface area contributed by atoms with Gasteiger partial charge in [-0.3, -0.25) is 0 Å². The van der Waals surface area contributed by atoms with Gasteiger partial charge in [-0.1, -0.05) is 121 Å². The van der Waals surface area contributed by atoms with Gasteiger partial charge in [0.25, 0.3) is 0 Å². The number of nitrogens with zero attached hydrogens (tertiary/aromatic N) is 4. The van der Waals surface area contributed by atoms with Gasteiger partial charge in [0, 0.05) is 10.9 Å². The van der Waals surface area contributed by atoms with Crippen LogP contribution in [0.2, 0.25) is 0 Å². The highest BCUT2D eigenvalue weighted by atomic mass is 28.3. The lowest BCUT2D eigenvalue weighted by atomic mass is 9.99. The highest BCUT2D eigenvalue weighted by molar-refractivity contribution is 7.19. The van der Waals surface area contributed by atoms with E-state index >= 15 is 0 Å². The molecule has 0 amide bonds. The summed E-state index contributed by atoms with van der Waals surface area (Å²) in [4.78, 5) is 3.70. The van der Waals surface area contributed by atoms with Crippen molar-refractivity contribution in [1.29, 1.82) is 10.5 Å². The predicted octanol–water partition coefficient (Wildman–Crippen LogP) is 8.12. The van der Waals surface area contributed by atoms with Gasteiger partial charge in [0.05, 0.1) is 46.6 Å². The molecule has 0 fully saturated rings. The zero-order valence-corrected chi connectivity index (χ0v) is 28.0. The Bertz CT molecular complexity index is 2580. The van der Waals surface area contributed by atoms with Crippen LogP contribution < -0.4 is 20.7 Å². The lowest BCUT2D eigenvalue weighted by Gasteiger charge is -2.35. The smallest absolute Gasteiger partial charge is 0.188 e. The monoisotopic (exact) mass is 652 g/mol. The normalized spacial score (nSPS) is 11.1. The first-order chi connectivity index (χ1) is 24.6. The van der Waals surface area contributed by atoms with Crippen LogP contribution in [-0.2, 0) is 0 Å². The van der Waals surface area contributed by atoms with E-state index in [0.29, 0.717) is 16.8 Å². The molecule has 0 aliphatic carbocycles. The van der Waals surface area contributed by atoms with Crippen LogP contribution in [0.3, 0.4) is 0 Å². The Morgan fingerprint density at radius 2 is 1.08 bits per heavy atom. The fraction of sp³-hybridized carbons (Fsp3) is 0. The maximum Gasteiger partial charge on any atom is 0.188 e. The van der Waals surface area contributed by atoms with Crippen LogP contribution in [0.4, 0.5) is 5.69 Å². The summed E-state index contributed by atoms with van der Waals surface area (Å²) >= 11 is 0. The first-order valence-corrected chi connectivity index (χ1v) is 18.3. The SMILES string of the molecule is [C-]#[N+]c1ccc2c(c1)c1ccccc1n2-c1ccc(C#N)cc1-c1cc(C#N)cc([Si](c2ccccc2)(c2ccccc2)c2ccccc2)c1. The van der Waals surface area contributed by atoms with Crippen LogP contribution in [-0.4, -0.2) is 12.6 Å². The summed E-state index contributed by atoms with van der Waals surface area (Å²) in [5.41, 5.74) is 6.20. The van der Waals surface area contributed by atoms with Crippen molar-refractivity contribution in [3.63, 3.8) is 0 Å². The molecule has 0 aliphatic heterocycles. The van der Waals surface area contributed by atoms with Crippen LogP contribution in [0.15, 0.2) is 170 Å². The zero-order valence-electron chi connectivity index (χ0n) is 27.0. The summed E-state index contributed by atoms with van der Waals surface area (Å²) in [6.45, 7) is 7.65. The molecule has 0 bridgehead atoms. The summed E-state index contributed by atoms with van der Waals surface area (Å²) in [6.07, 6.45) is 0. The summed E-state index contributed by atoms with van der Waals surface area (Å²) in [5, 5.41) is 27.4. The number of hydrogen-bond donors (Lipinski definition) is 0. The molecule has 0 N–H and O–H groups in total. The van der Waals surface area contributed by atoms with Crippen LogP contribution in [0.1, 0.15) is 11.1 Å². The standard InChI is InChI=1S/C45H28N4Si/c1-48-35-22-24-45-42(29-35)40-19-11-12-20-43(40)49(45)44-23-21-32(30-46)27-41(44)34-25-33(31-47)26-39(28-34)50(36-13-5-2-6-14-36,37-15-7-3-8-16-37)38-17-9-4-10-18-38/h2-29H. The fourth-order valence-electron chi connectivity index (χ4n) is 7.45. The minimum absolute atomic E-state index is 0.529. The molecular formula is C45H28N4Si. The lowest BCUT2D eigenvalue weighted by molar-refractivity contribution is 1.18. The van der Waals surface area contributed by atoms with E-state index < -0.39 is 8.07 Å². The number of nitriles is 2. The van der Waals surface area contributed by atoms with Crippen LogP contribution in [0, 0.1) is 29.2 Å². The fourth-order valence-corrected chi connectivity index (χ4v) is 12.3. The Hall–Kier alpha value is -6.97. The second kappa shape index (κ2) is 12.6. The molecule has 0 radical (unpaired) electrons. The second-order valence-corrected chi connectivity index (χ2v) is 16.1. The molecule has 232 valence electrons. The van der Waals surface area contributed by atoms with Gasteiger partial charge < -0.3 is 4.57 Å². The Morgan fingerprint density at radius 3 is 1.68 bits per heavy atom.